The zero-order valence-corrected chi connectivity index (χ0v) is 13.0. The first kappa shape index (κ1) is 19.1. The predicted molar refractivity (Wildman–Crippen MR) is 80.7 cm³/mol. The topological polar surface area (TPSA) is 68.5 Å². The number of hydrogen-bond acceptors (Lipinski definition) is 5. The van der Waals surface area contributed by atoms with Gasteiger partial charge in [-0.05, 0) is 30.3 Å². The van der Waals surface area contributed by atoms with Crippen molar-refractivity contribution in [3.8, 4) is 23.3 Å². The lowest BCUT2D eigenvalue weighted by atomic mass is 10.1. The van der Waals surface area contributed by atoms with Crippen molar-refractivity contribution in [3.63, 3.8) is 0 Å². The van der Waals surface area contributed by atoms with Crippen molar-refractivity contribution < 1.29 is 36.6 Å². The first-order valence-corrected chi connectivity index (χ1v) is 7.09. The summed E-state index contributed by atoms with van der Waals surface area (Å²) in [6, 6.07) is 10.7. The Kier molecular flexibility index (Phi) is 6.38. The Bertz CT molecular complexity index is 821. The molecule has 0 saturated carbocycles. The molecule has 136 valence electrons. The van der Waals surface area contributed by atoms with Gasteiger partial charge in [0.25, 0.3) is 0 Å². The van der Waals surface area contributed by atoms with E-state index in [1.54, 1.807) is 6.07 Å². The molecule has 2 aromatic rings. The molecule has 0 aliphatic rings. The Morgan fingerprint density at radius 2 is 1.73 bits per heavy atom. The standard InChI is InChI=1S/C17H11F4NO4/c18-16(19)25-12-4-5-13(15(7-12)26-17(20)21)14(23)9-24-11-3-1-2-10(6-11)8-22/h1-7,16-17H,9H2. The minimum Gasteiger partial charge on any atom is -0.485 e. The minimum atomic E-state index is -3.27. The molecule has 0 N–H and O–H groups in total. The van der Waals surface area contributed by atoms with Crippen molar-refractivity contribution in [1.82, 2.24) is 0 Å². The van der Waals surface area contributed by atoms with Crippen LogP contribution in [0.5, 0.6) is 17.2 Å². The number of ketones is 1. The van der Waals surface area contributed by atoms with E-state index in [1.165, 1.54) is 18.2 Å². The summed E-state index contributed by atoms with van der Waals surface area (Å²) in [5, 5.41) is 8.80. The highest BCUT2D eigenvalue weighted by Crippen LogP contribution is 2.28. The van der Waals surface area contributed by atoms with Gasteiger partial charge in [0.15, 0.2) is 6.61 Å². The molecule has 0 aliphatic heterocycles. The zero-order valence-electron chi connectivity index (χ0n) is 13.0. The molecule has 5 nitrogen and oxygen atoms in total. The average Bonchev–Trinajstić information content (AvgIpc) is 2.59. The number of benzene rings is 2. The maximum atomic E-state index is 12.5. The van der Waals surface area contributed by atoms with Crippen molar-refractivity contribution in [3.05, 3.63) is 53.6 Å². The number of nitriles is 1. The smallest absolute Gasteiger partial charge is 0.387 e. The van der Waals surface area contributed by atoms with Crippen LogP contribution < -0.4 is 14.2 Å². The molecule has 0 radical (unpaired) electrons. The summed E-state index contributed by atoms with van der Waals surface area (Å²) in [5.74, 6) is -1.55. The molecular weight excluding hydrogens is 358 g/mol. The molecule has 0 bridgehead atoms. The van der Waals surface area contributed by atoms with E-state index in [2.05, 4.69) is 9.47 Å². The van der Waals surface area contributed by atoms with Gasteiger partial charge >= 0.3 is 13.2 Å². The summed E-state index contributed by atoms with van der Waals surface area (Å²) in [7, 11) is 0. The molecule has 0 atom stereocenters. The molecule has 0 fully saturated rings. The number of hydrogen-bond donors (Lipinski definition) is 0. The Labute approximate surface area is 145 Å². The quantitative estimate of drug-likeness (QED) is 0.519. The van der Waals surface area contributed by atoms with Crippen LogP contribution in [0.25, 0.3) is 0 Å². The predicted octanol–water partition coefficient (Wildman–Crippen LogP) is 4.02. The second kappa shape index (κ2) is 8.71. The van der Waals surface area contributed by atoms with Crippen molar-refractivity contribution in [2.75, 3.05) is 6.61 Å². The second-order valence-corrected chi connectivity index (χ2v) is 4.77. The minimum absolute atomic E-state index is 0.228. The SMILES string of the molecule is N#Cc1cccc(OCC(=O)c2ccc(OC(F)F)cc2OC(F)F)c1. The molecule has 0 heterocycles. The molecule has 9 heteroatoms. The first-order chi connectivity index (χ1) is 12.4. The summed E-state index contributed by atoms with van der Waals surface area (Å²) < 4.78 is 63.0. The molecule has 0 saturated heterocycles. The van der Waals surface area contributed by atoms with Crippen LogP contribution in [-0.2, 0) is 0 Å². The Morgan fingerprint density at radius 3 is 2.38 bits per heavy atom. The van der Waals surface area contributed by atoms with Gasteiger partial charge in [-0.15, -0.1) is 0 Å². The second-order valence-electron chi connectivity index (χ2n) is 4.77. The summed E-state index contributed by atoms with van der Waals surface area (Å²) in [6.45, 7) is -6.97. The first-order valence-electron chi connectivity index (χ1n) is 7.09. The van der Waals surface area contributed by atoms with Gasteiger partial charge in [-0.2, -0.15) is 22.8 Å². The molecule has 0 aromatic heterocycles. The highest BCUT2D eigenvalue weighted by molar-refractivity contribution is 6.00. The lowest BCUT2D eigenvalue weighted by Gasteiger charge is -2.13. The van der Waals surface area contributed by atoms with Crippen LogP contribution in [0.15, 0.2) is 42.5 Å². The molecule has 0 unspecified atom stereocenters. The molecule has 0 aliphatic carbocycles. The van der Waals surface area contributed by atoms with Gasteiger partial charge in [0.1, 0.15) is 17.2 Å². The fourth-order valence-corrected chi connectivity index (χ4v) is 1.98. The van der Waals surface area contributed by atoms with Gasteiger partial charge < -0.3 is 14.2 Å². The number of halogens is 4. The van der Waals surface area contributed by atoms with Crippen LogP contribution in [0.2, 0.25) is 0 Å². The Hall–Kier alpha value is -3.28. The van der Waals surface area contributed by atoms with E-state index >= 15 is 0 Å². The van der Waals surface area contributed by atoms with Gasteiger partial charge in [0.2, 0.25) is 5.78 Å². The van der Waals surface area contributed by atoms with Crippen LogP contribution in [-0.4, -0.2) is 25.6 Å². The average molecular weight is 369 g/mol. The fraction of sp³-hybridized carbons (Fsp3) is 0.176. The molecule has 0 amide bonds. The lowest BCUT2D eigenvalue weighted by Crippen LogP contribution is -2.15. The largest absolute Gasteiger partial charge is 0.485 e. The third kappa shape index (κ3) is 5.37. The van der Waals surface area contributed by atoms with Crippen molar-refractivity contribution in [2.45, 2.75) is 13.2 Å². The number of nitrogens with zero attached hydrogens (tertiary/aromatic N) is 1. The summed E-state index contributed by atoms with van der Waals surface area (Å²) >= 11 is 0. The number of carbonyl (C=O) groups is 1. The van der Waals surface area contributed by atoms with Crippen LogP contribution in [0.1, 0.15) is 15.9 Å². The van der Waals surface area contributed by atoms with Gasteiger partial charge in [0.05, 0.1) is 17.2 Å². The summed E-state index contributed by atoms with van der Waals surface area (Å²) in [5.41, 5.74) is 0.0218. The number of carbonyl (C=O) groups excluding carboxylic acids is 1. The summed E-state index contributed by atoms with van der Waals surface area (Å²) in [6.07, 6.45) is 0. The molecule has 0 spiro atoms. The third-order valence-electron chi connectivity index (χ3n) is 3.03. The van der Waals surface area contributed by atoms with E-state index in [0.29, 0.717) is 5.56 Å². The van der Waals surface area contributed by atoms with E-state index in [9.17, 15) is 22.4 Å². The molecular formula is C17H11F4NO4. The normalized spacial score (nSPS) is 10.5. The maximum Gasteiger partial charge on any atom is 0.387 e. The Morgan fingerprint density at radius 1 is 1.00 bits per heavy atom. The van der Waals surface area contributed by atoms with E-state index in [0.717, 1.165) is 18.2 Å². The van der Waals surface area contributed by atoms with E-state index < -0.39 is 37.1 Å². The third-order valence-corrected chi connectivity index (χ3v) is 3.03. The Balaban J connectivity index is 2.16. The van der Waals surface area contributed by atoms with Crippen molar-refractivity contribution >= 4 is 5.78 Å². The van der Waals surface area contributed by atoms with E-state index in [-0.39, 0.29) is 11.3 Å². The zero-order chi connectivity index (χ0) is 19.1. The van der Waals surface area contributed by atoms with Gasteiger partial charge in [-0.25, -0.2) is 0 Å². The number of Topliss-reactive ketones (excluding diaryl/α,β-unsaturated/α-hetero) is 1. The van der Waals surface area contributed by atoms with Crippen LogP contribution >= 0.6 is 0 Å². The molecule has 2 rings (SSSR count). The van der Waals surface area contributed by atoms with E-state index in [1.807, 2.05) is 6.07 Å². The monoisotopic (exact) mass is 369 g/mol. The number of rotatable bonds is 8. The highest BCUT2D eigenvalue weighted by atomic mass is 19.3. The summed E-state index contributed by atoms with van der Waals surface area (Å²) in [4.78, 5) is 12.2. The van der Waals surface area contributed by atoms with Crippen LogP contribution in [0.3, 0.4) is 0 Å². The van der Waals surface area contributed by atoms with Gasteiger partial charge in [0, 0.05) is 6.07 Å². The maximum absolute atomic E-state index is 12.5. The highest BCUT2D eigenvalue weighted by Gasteiger charge is 2.18. The van der Waals surface area contributed by atoms with E-state index in [4.69, 9.17) is 10.00 Å². The van der Waals surface area contributed by atoms with Gasteiger partial charge in [-0.1, -0.05) is 6.07 Å². The fourth-order valence-electron chi connectivity index (χ4n) is 1.98. The number of alkyl halides is 4. The lowest BCUT2D eigenvalue weighted by molar-refractivity contribution is -0.0544. The molecule has 2 aromatic carbocycles. The van der Waals surface area contributed by atoms with Crippen LogP contribution in [0, 0.1) is 11.3 Å². The van der Waals surface area contributed by atoms with Crippen molar-refractivity contribution in [2.24, 2.45) is 0 Å². The molecule has 26 heavy (non-hydrogen) atoms. The number of ether oxygens (including phenoxy) is 3. The van der Waals surface area contributed by atoms with Crippen molar-refractivity contribution in [1.29, 1.82) is 5.26 Å². The van der Waals surface area contributed by atoms with Crippen LogP contribution in [0.4, 0.5) is 17.6 Å². The van der Waals surface area contributed by atoms with Gasteiger partial charge in [-0.3, -0.25) is 4.79 Å².